The Morgan fingerprint density at radius 1 is 1.00 bits per heavy atom. The van der Waals surface area contributed by atoms with Crippen molar-refractivity contribution in [2.45, 2.75) is 13.5 Å². The van der Waals surface area contributed by atoms with Gasteiger partial charge in [-0.3, -0.25) is 9.69 Å². The van der Waals surface area contributed by atoms with Crippen LogP contribution in [0, 0.1) is 0 Å². The SMILES string of the molecule is CCOc1ccc2ccccc2c1C(=O)N1CCN(Cc2cnc3ccccn23)CC1. The molecule has 0 spiro atoms. The minimum absolute atomic E-state index is 0.0507. The lowest BCUT2D eigenvalue weighted by Gasteiger charge is -2.35. The van der Waals surface area contributed by atoms with Gasteiger partial charge in [-0.25, -0.2) is 4.98 Å². The van der Waals surface area contributed by atoms with Crippen LogP contribution in [-0.2, 0) is 6.54 Å². The predicted octanol–water partition coefficient (Wildman–Crippen LogP) is 3.84. The van der Waals surface area contributed by atoms with Gasteiger partial charge in [0.15, 0.2) is 0 Å². The van der Waals surface area contributed by atoms with E-state index in [9.17, 15) is 4.79 Å². The fourth-order valence-electron chi connectivity index (χ4n) is 4.35. The monoisotopic (exact) mass is 414 g/mol. The third kappa shape index (κ3) is 3.75. The first-order valence-corrected chi connectivity index (χ1v) is 10.8. The number of ether oxygens (including phenoxy) is 1. The van der Waals surface area contributed by atoms with Crippen LogP contribution in [0.15, 0.2) is 67.0 Å². The predicted molar refractivity (Wildman–Crippen MR) is 121 cm³/mol. The first-order chi connectivity index (χ1) is 15.2. The van der Waals surface area contributed by atoms with Gasteiger partial charge in [-0.15, -0.1) is 0 Å². The highest BCUT2D eigenvalue weighted by Crippen LogP contribution is 2.30. The molecule has 1 fully saturated rings. The van der Waals surface area contributed by atoms with Gasteiger partial charge < -0.3 is 14.0 Å². The Balaban J connectivity index is 1.33. The van der Waals surface area contributed by atoms with Crippen LogP contribution in [-0.4, -0.2) is 57.9 Å². The van der Waals surface area contributed by atoms with Gasteiger partial charge in [0.25, 0.3) is 5.91 Å². The molecule has 1 aliphatic rings. The van der Waals surface area contributed by atoms with Gasteiger partial charge in [0, 0.05) is 38.9 Å². The molecule has 0 saturated carbocycles. The minimum Gasteiger partial charge on any atom is -0.493 e. The molecule has 2 aromatic heterocycles. The van der Waals surface area contributed by atoms with Crippen molar-refractivity contribution >= 4 is 22.3 Å². The van der Waals surface area contributed by atoms with Crippen LogP contribution in [0.3, 0.4) is 0 Å². The second-order valence-corrected chi connectivity index (χ2v) is 7.84. The first kappa shape index (κ1) is 19.6. The van der Waals surface area contributed by atoms with Crippen molar-refractivity contribution in [3.63, 3.8) is 0 Å². The number of aromatic nitrogens is 2. The normalized spacial score (nSPS) is 14.9. The fraction of sp³-hybridized carbons (Fsp3) is 0.280. The summed E-state index contributed by atoms with van der Waals surface area (Å²) in [6.45, 7) is 6.37. The molecule has 0 aliphatic carbocycles. The molecule has 158 valence electrons. The van der Waals surface area contributed by atoms with Crippen LogP contribution < -0.4 is 4.74 Å². The average molecular weight is 415 g/mol. The van der Waals surface area contributed by atoms with E-state index < -0.39 is 0 Å². The Morgan fingerprint density at radius 3 is 2.65 bits per heavy atom. The Labute approximate surface area is 181 Å². The molecule has 31 heavy (non-hydrogen) atoms. The summed E-state index contributed by atoms with van der Waals surface area (Å²) in [5.74, 6) is 0.717. The van der Waals surface area contributed by atoms with Gasteiger partial charge in [-0.05, 0) is 35.9 Å². The Morgan fingerprint density at radius 2 is 1.81 bits per heavy atom. The fourth-order valence-corrected chi connectivity index (χ4v) is 4.35. The number of amides is 1. The van der Waals surface area contributed by atoms with Gasteiger partial charge in [0.1, 0.15) is 11.4 Å². The number of hydrogen-bond donors (Lipinski definition) is 0. The molecule has 6 nitrogen and oxygen atoms in total. The number of piperazine rings is 1. The third-order valence-corrected chi connectivity index (χ3v) is 5.94. The van der Waals surface area contributed by atoms with Crippen molar-refractivity contribution in [1.29, 1.82) is 0 Å². The highest BCUT2D eigenvalue weighted by Gasteiger charge is 2.26. The summed E-state index contributed by atoms with van der Waals surface area (Å²) in [7, 11) is 0. The maximum absolute atomic E-state index is 13.5. The quantitative estimate of drug-likeness (QED) is 0.498. The molecule has 3 heterocycles. The second-order valence-electron chi connectivity index (χ2n) is 7.84. The number of pyridine rings is 1. The molecule has 0 atom stereocenters. The van der Waals surface area contributed by atoms with Crippen LogP contribution in [0.2, 0.25) is 0 Å². The summed E-state index contributed by atoms with van der Waals surface area (Å²) in [5, 5.41) is 2.01. The average Bonchev–Trinajstić information content (AvgIpc) is 3.22. The molecule has 2 aromatic carbocycles. The van der Waals surface area contributed by atoms with Crippen LogP contribution in [0.5, 0.6) is 5.75 Å². The Bertz CT molecular complexity index is 1220. The summed E-state index contributed by atoms with van der Waals surface area (Å²) in [5.41, 5.74) is 2.81. The molecule has 0 N–H and O–H groups in total. The van der Waals surface area contributed by atoms with Gasteiger partial charge in [-0.1, -0.05) is 36.4 Å². The summed E-state index contributed by atoms with van der Waals surface area (Å²) >= 11 is 0. The van der Waals surface area contributed by atoms with Crippen molar-refractivity contribution < 1.29 is 9.53 Å². The van der Waals surface area contributed by atoms with Gasteiger partial charge in [0.2, 0.25) is 0 Å². The second kappa shape index (κ2) is 8.40. The van der Waals surface area contributed by atoms with Crippen molar-refractivity contribution in [1.82, 2.24) is 19.2 Å². The Kier molecular flexibility index (Phi) is 5.30. The molecule has 0 radical (unpaired) electrons. The lowest BCUT2D eigenvalue weighted by atomic mass is 10.0. The standard InChI is InChI=1S/C25H26N4O2/c1-2-31-22-11-10-19-7-3-4-8-21(19)24(22)25(30)28-15-13-27(14-16-28)18-20-17-26-23-9-5-6-12-29(20)23/h3-12,17H,2,13-16,18H2,1H3. The number of imidazole rings is 1. The van der Waals surface area contributed by atoms with Crippen LogP contribution in [0.25, 0.3) is 16.4 Å². The van der Waals surface area contributed by atoms with Gasteiger partial charge in [-0.2, -0.15) is 0 Å². The molecule has 1 amide bonds. The highest BCUT2D eigenvalue weighted by molar-refractivity contribution is 6.09. The maximum atomic E-state index is 13.5. The van der Waals surface area contributed by atoms with Crippen molar-refractivity contribution in [3.8, 4) is 5.75 Å². The summed E-state index contributed by atoms with van der Waals surface area (Å²) in [6.07, 6.45) is 3.99. The summed E-state index contributed by atoms with van der Waals surface area (Å²) in [6, 6.07) is 18.0. The number of hydrogen-bond acceptors (Lipinski definition) is 4. The van der Waals surface area contributed by atoms with E-state index in [2.05, 4.69) is 14.3 Å². The van der Waals surface area contributed by atoms with Crippen LogP contribution >= 0.6 is 0 Å². The van der Waals surface area contributed by atoms with E-state index in [1.807, 2.05) is 78.8 Å². The number of nitrogens with zero attached hydrogens (tertiary/aromatic N) is 4. The number of rotatable bonds is 5. The molecule has 0 bridgehead atoms. The number of carbonyl (C=O) groups is 1. The molecule has 4 aromatic rings. The minimum atomic E-state index is 0.0507. The number of benzene rings is 2. The molecule has 0 unspecified atom stereocenters. The van der Waals surface area contributed by atoms with E-state index in [-0.39, 0.29) is 5.91 Å². The number of fused-ring (bicyclic) bond motifs is 2. The summed E-state index contributed by atoms with van der Waals surface area (Å²) in [4.78, 5) is 22.3. The van der Waals surface area contributed by atoms with E-state index in [1.54, 1.807) is 0 Å². The number of carbonyl (C=O) groups excluding carboxylic acids is 1. The van der Waals surface area contributed by atoms with Crippen molar-refractivity contribution in [2.75, 3.05) is 32.8 Å². The maximum Gasteiger partial charge on any atom is 0.258 e. The molecule has 1 aliphatic heterocycles. The first-order valence-electron chi connectivity index (χ1n) is 10.8. The van der Waals surface area contributed by atoms with Crippen LogP contribution in [0.1, 0.15) is 23.0 Å². The molecular formula is C25H26N4O2. The van der Waals surface area contributed by atoms with Crippen molar-refractivity contribution in [3.05, 3.63) is 78.2 Å². The zero-order valence-electron chi connectivity index (χ0n) is 17.7. The van der Waals surface area contributed by atoms with E-state index in [0.29, 0.717) is 31.0 Å². The van der Waals surface area contributed by atoms with E-state index in [4.69, 9.17) is 4.74 Å². The van der Waals surface area contributed by atoms with E-state index in [0.717, 1.165) is 36.1 Å². The van der Waals surface area contributed by atoms with Crippen LogP contribution in [0.4, 0.5) is 0 Å². The van der Waals surface area contributed by atoms with E-state index in [1.165, 1.54) is 5.69 Å². The smallest absolute Gasteiger partial charge is 0.258 e. The lowest BCUT2D eigenvalue weighted by Crippen LogP contribution is -2.48. The van der Waals surface area contributed by atoms with Gasteiger partial charge >= 0.3 is 0 Å². The van der Waals surface area contributed by atoms with E-state index >= 15 is 0 Å². The zero-order valence-corrected chi connectivity index (χ0v) is 17.7. The topological polar surface area (TPSA) is 50.1 Å². The van der Waals surface area contributed by atoms with Gasteiger partial charge in [0.05, 0.1) is 24.1 Å². The molecule has 1 saturated heterocycles. The third-order valence-electron chi connectivity index (χ3n) is 5.94. The zero-order chi connectivity index (χ0) is 21.2. The Hall–Kier alpha value is -3.38. The molecular weight excluding hydrogens is 388 g/mol. The molecule has 6 heteroatoms. The van der Waals surface area contributed by atoms with Crippen molar-refractivity contribution in [2.24, 2.45) is 0 Å². The largest absolute Gasteiger partial charge is 0.493 e. The highest BCUT2D eigenvalue weighted by atomic mass is 16.5. The lowest BCUT2D eigenvalue weighted by molar-refractivity contribution is 0.0625. The summed E-state index contributed by atoms with van der Waals surface area (Å²) < 4.78 is 7.95. The molecule has 5 rings (SSSR count).